The van der Waals surface area contributed by atoms with E-state index in [4.69, 9.17) is 0 Å². The summed E-state index contributed by atoms with van der Waals surface area (Å²) in [5.41, 5.74) is 3.45. The molecule has 0 bridgehead atoms. The van der Waals surface area contributed by atoms with Gasteiger partial charge in [-0.3, -0.25) is 4.79 Å². The lowest BCUT2D eigenvalue weighted by Gasteiger charge is -2.21. The molecule has 5 nitrogen and oxygen atoms in total. The molecule has 0 unspecified atom stereocenters. The van der Waals surface area contributed by atoms with E-state index in [1.807, 2.05) is 20.8 Å². The first-order valence-electron chi connectivity index (χ1n) is 8.61. The van der Waals surface area contributed by atoms with Gasteiger partial charge >= 0.3 is 0 Å². The molecule has 0 aliphatic heterocycles. The fraction of sp³-hybridized carbons (Fsp3) is 0.450. The summed E-state index contributed by atoms with van der Waals surface area (Å²) >= 11 is 0. The number of para-hydroxylation sites is 1. The summed E-state index contributed by atoms with van der Waals surface area (Å²) in [5, 5.41) is 6.33. The number of aromatic nitrogens is 2. The fourth-order valence-corrected chi connectivity index (χ4v) is 2.62. The highest BCUT2D eigenvalue weighted by Crippen LogP contribution is 2.29. The Kier molecular flexibility index (Phi) is 5.45. The molecule has 2 N–H and O–H groups in total. The van der Waals surface area contributed by atoms with Gasteiger partial charge in [-0.2, -0.15) is 0 Å². The Balaban J connectivity index is 2.38. The predicted octanol–water partition coefficient (Wildman–Crippen LogP) is 4.49. The molecule has 2 rings (SSSR count). The standard InChI is InChI=1S/C20H28N4O/c1-12(2)15-10-8-9-13(3)18(15)23-17-11-16(21-14(4)22-17)19(25)24-20(5,6)7/h8-12H,1-7H3,(H,24,25)(H,21,22,23). The SMILES string of the molecule is Cc1nc(Nc2c(C)cccc2C(C)C)cc(C(=O)NC(C)(C)C)n1. The van der Waals surface area contributed by atoms with Gasteiger partial charge in [0.25, 0.3) is 5.91 Å². The second-order valence-electron chi connectivity index (χ2n) is 7.71. The van der Waals surface area contributed by atoms with Gasteiger partial charge in [0.05, 0.1) is 0 Å². The second-order valence-corrected chi connectivity index (χ2v) is 7.71. The Labute approximate surface area is 150 Å². The average molecular weight is 340 g/mol. The van der Waals surface area contributed by atoms with Crippen LogP contribution >= 0.6 is 0 Å². The van der Waals surface area contributed by atoms with Crippen LogP contribution in [-0.4, -0.2) is 21.4 Å². The van der Waals surface area contributed by atoms with E-state index in [1.54, 1.807) is 13.0 Å². The molecule has 5 heteroatoms. The Morgan fingerprint density at radius 3 is 2.40 bits per heavy atom. The Hall–Kier alpha value is -2.43. The molecule has 0 saturated heterocycles. The van der Waals surface area contributed by atoms with Crippen LogP contribution in [0.5, 0.6) is 0 Å². The average Bonchev–Trinajstić information content (AvgIpc) is 2.46. The minimum Gasteiger partial charge on any atom is -0.346 e. The highest BCUT2D eigenvalue weighted by Gasteiger charge is 2.18. The summed E-state index contributed by atoms with van der Waals surface area (Å²) in [6.07, 6.45) is 0. The number of hydrogen-bond acceptors (Lipinski definition) is 4. The van der Waals surface area contributed by atoms with Crippen molar-refractivity contribution in [3.8, 4) is 0 Å². The lowest BCUT2D eigenvalue weighted by Crippen LogP contribution is -2.41. The van der Waals surface area contributed by atoms with Crippen LogP contribution in [0.2, 0.25) is 0 Å². The van der Waals surface area contributed by atoms with Crippen LogP contribution in [0.3, 0.4) is 0 Å². The molecule has 0 radical (unpaired) electrons. The number of anilines is 2. The zero-order valence-corrected chi connectivity index (χ0v) is 16.2. The maximum Gasteiger partial charge on any atom is 0.270 e. The summed E-state index contributed by atoms with van der Waals surface area (Å²) in [4.78, 5) is 21.2. The van der Waals surface area contributed by atoms with E-state index in [0.717, 1.165) is 11.3 Å². The fourth-order valence-electron chi connectivity index (χ4n) is 2.62. The van der Waals surface area contributed by atoms with Gasteiger partial charge in [0.1, 0.15) is 17.3 Å². The Morgan fingerprint density at radius 1 is 1.12 bits per heavy atom. The van der Waals surface area contributed by atoms with Crippen molar-refractivity contribution in [1.29, 1.82) is 0 Å². The van der Waals surface area contributed by atoms with E-state index in [0.29, 0.717) is 23.3 Å². The van der Waals surface area contributed by atoms with E-state index in [9.17, 15) is 4.79 Å². The third-order valence-electron chi connectivity index (χ3n) is 3.74. The minimum absolute atomic E-state index is 0.199. The van der Waals surface area contributed by atoms with Crippen LogP contribution < -0.4 is 10.6 Å². The molecule has 0 fully saturated rings. The summed E-state index contributed by atoms with van der Waals surface area (Å²) < 4.78 is 0. The smallest absolute Gasteiger partial charge is 0.270 e. The molecule has 1 amide bonds. The van der Waals surface area contributed by atoms with Gasteiger partial charge in [0.2, 0.25) is 0 Å². The number of amides is 1. The van der Waals surface area contributed by atoms with E-state index in [-0.39, 0.29) is 11.4 Å². The quantitative estimate of drug-likeness (QED) is 0.860. The van der Waals surface area contributed by atoms with E-state index >= 15 is 0 Å². The van der Waals surface area contributed by atoms with Crippen molar-refractivity contribution in [1.82, 2.24) is 15.3 Å². The van der Waals surface area contributed by atoms with Crippen LogP contribution in [0.25, 0.3) is 0 Å². The molecular weight excluding hydrogens is 312 g/mol. The van der Waals surface area contributed by atoms with Gasteiger partial charge in [0.15, 0.2) is 0 Å². The minimum atomic E-state index is -0.315. The van der Waals surface area contributed by atoms with Gasteiger partial charge < -0.3 is 10.6 Å². The highest BCUT2D eigenvalue weighted by molar-refractivity contribution is 5.93. The van der Waals surface area contributed by atoms with Gasteiger partial charge in [-0.05, 0) is 51.7 Å². The molecule has 0 atom stereocenters. The lowest BCUT2D eigenvalue weighted by molar-refractivity contribution is 0.0914. The van der Waals surface area contributed by atoms with Crippen molar-refractivity contribution in [2.24, 2.45) is 0 Å². The number of rotatable bonds is 4. The van der Waals surface area contributed by atoms with Crippen molar-refractivity contribution in [3.05, 3.63) is 46.9 Å². The summed E-state index contributed by atoms with van der Waals surface area (Å²) in [6, 6.07) is 7.94. The van der Waals surface area contributed by atoms with Crippen molar-refractivity contribution in [2.75, 3.05) is 5.32 Å². The third kappa shape index (κ3) is 5.02. The van der Waals surface area contributed by atoms with Gasteiger partial charge in [-0.25, -0.2) is 9.97 Å². The molecule has 134 valence electrons. The molecule has 0 saturated carbocycles. The first-order chi connectivity index (χ1) is 11.6. The third-order valence-corrected chi connectivity index (χ3v) is 3.74. The first kappa shape index (κ1) is 18.9. The summed E-state index contributed by atoms with van der Waals surface area (Å²) in [6.45, 7) is 14.0. The largest absolute Gasteiger partial charge is 0.346 e. The topological polar surface area (TPSA) is 66.9 Å². The van der Waals surface area contributed by atoms with Crippen LogP contribution in [0.4, 0.5) is 11.5 Å². The summed E-state index contributed by atoms with van der Waals surface area (Å²) in [5.74, 6) is 1.37. The van der Waals surface area contributed by atoms with Crippen molar-refractivity contribution in [3.63, 3.8) is 0 Å². The number of nitrogens with one attached hydrogen (secondary N) is 2. The van der Waals surface area contributed by atoms with Crippen molar-refractivity contribution in [2.45, 2.75) is 59.9 Å². The molecule has 1 aromatic carbocycles. The Morgan fingerprint density at radius 2 is 1.80 bits per heavy atom. The first-order valence-corrected chi connectivity index (χ1v) is 8.61. The molecule has 2 aromatic rings. The molecule has 1 heterocycles. The van der Waals surface area contributed by atoms with Gasteiger partial charge in [-0.1, -0.05) is 32.0 Å². The molecule has 1 aromatic heterocycles. The van der Waals surface area contributed by atoms with Crippen LogP contribution in [-0.2, 0) is 0 Å². The highest BCUT2D eigenvalue weighted by atomic mass is 16.2. The summed E-state index contributed by atoms with van der Waals surface area (Å²) in [7, 11) is 0. The number of carbonyl (C=O) groups excluding carboxylic acids is 1. The number of benzene rings is 1. The molecule has 25 heavy (non-hydrogen) atoms. The zero-order valence-electron chi connectivity index (χ0n) is 16.2. The predicted molar refractivity (Wildman–Crippen MR) is 103 cm³/mol. The van der Waals surface area contributed by atoms with Crippen molar-refractivity contribution >= 4 is 17.4 Å². The van der Waals surface area contributed by atoms with Crippen LogP contribution in [0.1, 0.15) is 68.0 Å². The second kappa shape index (κ2) is 7.21. The monoisotopic (exact) mass is 340 g/mol. The van der Waals surface area contributed by atoms with E-state index in [1.165, 1.54) is 5.56 Å². The van der Waals surface area contributed by atoms with Gasteiger partial charge in [0, 0.05) is 17.3 Å². The van der Waals surface area contributed by atoms with Crippen LogP contribution in [0, 0.1) is 13.8 Å². The zero-order chi connectivity index (χ0) is 18.8. The molecule has 0 aliphatic rings. The van der Waals surface area contributed by atoms with E-state index in [2.05, 4.69) is 59.6 Å². The number of hydrogen-bond donors (Lipinski definition) is 2. The maximum atomic E-state index is 12.4. The normalized spacial score (nSPS) is 11.5. The lowest BCUT2D eigenvalue weighted by atomic mass is 9.98. The molecule has 0 aliphatic carbocycles. The Bertz CT molecular complexity index is 776. The number of nitrogens with zero attached hydrogens (tertiary/aromatic N) is 2. The molecular formula is C20H28N4O. The molecule has 0 spiro atoms. The number of carbonyl (C=O) groups is 1. The van der Waals surface area contributed by atoms with Crippen LogP contribution in [0.15, 0.2) is 24.3 Å². The maximum absolute atomic E-state index is 12.4. The van der Waals surface area contributed by atoms with Gasteiger partial charge in [-0.15, -0.1) is 0 Å². The van der Waals surface area contributed by atoms with Crippen molar-refractivity contribution < 1.29 is 4.79 Å². The number of aryl methyl sites for hydroxylation is 2. The van der Waals surface area contributed by atoms with E-state index < -0.39 is 0 Å².